The summed E-state index contributed by atoms with van der Waals surface area (Å²) in [4.78, 5) is 36.1. The number of ether oxygens (including phenoxy) is 1. The maximum absolute atomic E-state index is 11.6. The molecule has 0 aliphatic heterocycles. The number of rotatable bonds is 5. The van der Waals surface area contributed by atoms with Crippen molar-refractivity contribution in [3.05, 3.63) is 63.8 Å². The Morgan fingerprint density at radius 2 is 1.96 bits per heavy atom. The largest absolute Gasteiger partial charge is 0.439 e. The molecule has 0 fully saturated rings. The molecule has 10 heteroatoms. The third-order valence-corrected chi connectivity index (χ3v) is 2.95. The van der Waals surface area contributed by atoms with Crippen molar-refractivity contribution in [1.29, 1.82) is 5.26 Å². The number of amides is 3. The van der Waals surface area contributed by atoms with Crippen LogP contribution in [0, 0.1) is 21.4 Å². The average Bonchev–Trinajstić information content (AvgIpc) is 2.60. The minimum absolute atomic E-state index is 0.156. The Kier molecular flexibility index (Phi) is 5.58. The zero-order valence-electron chi connectivity index (χ0n) is 13.1. The smallest absolute Gasteiger partial charge is 0.319 e. The number of nitriles is 1. The number of carbonyl (C=O) groups excluding carboxylic acids is 2. The van der Waals surface area contributed by atoms with E-state index >= 15 is 0 Å². The Balaban J connectivity index is 2.11. The Morgan fingerprint density at radius 3 is 2.46 bits per heavy atom. The number of benzene rings is 1. The van der Waals surface area contributed by atoms with Gasteiger partial charge in [-0.1, -0.05) is 12.1 Å². The third-order valence-electron chi connectivity index (χ3n) is 2.95. The highest BCUT2D eigenvalue weighted by atomic mass is 16.6. The first-order valence-corrected chi connectivity index (χ1v) is 7.00. The minimum atomic E-state index is -1.06. The molecule has 0 saturated heterocycles. The fourth-order valence-electron chi connectivity index (χ4n) is 1.79. The van der Waals surface area contributed by atoms with Crippen molar-refractivity contribution in [1.82, 2.24) is 10.3 Å². The highest BCUT2D eigenvalue weighted by Crippen LogP contribution is 2.22. The lowest BCUT2D eigenvalue weighted by Gasteiger charge is -2.05. The number of carbonyl (C=O) groups is 2. The van der Waals surface area contributed by atoms with Gasteiger partial charge in [0.25, 0.3) is 11.6 Å². The summed E-state index contributed by atoms with van der Waals surface area (Å²) in [6.45, 7) is 0. The molecule has 0 bridgehead atoms. The molecule has 130 valence electrons. The van der Waals surface area contributed by atoms with Gasteiger partial charge in [-0.25, -0.2) is 9.78 Å². The number of aromatic nitrogens is 1. The van der Waals surface area contributed by atoms with Crippen LogP contribution in [0.15, 0.2) is 48.2 Å². The molecule has 0 atom stereocenters. The van der Waals surface area contributed by atoms with E-state index in [1.54, 1.807) is 35.7 Å². The monoisotopic (exact) mass is 353 g/mol. The molecule has 2 rings (SSSR count). The molecular formula is C16H11N5O5. The lowest BCUT2D eigenvalue weighted by atomic mass is 10.1. The van der Waals surface area contributed by atoms with Gasteiger partial charge >= 0.3 is 6.03 Å². The molecule has 3 amide bonds. The standard InChI is InChI=1S/C16H11N5O5/c17-8-11(15(22)20-16(18)23)7-10-1-4-13(5-2-10)26-14-6-3-12(9-19-14)21(24)25/h1-7,9H,(H3,18,20,22,23)/b11-7-. The molecular weight excluding hydrogens is 342 g/mol. The van der Waals surface area contributed by atoms with Crippen molar-refractivity contribution in [2.75, 3.05) is 0 Å². The number of nitrogens with zero attached hydrogens (tertiary/aromatic N) is 3. The molecule has 0 unspecified atom stereocenters. The predicted octanol–water partition coefficient (Wildman–Crippen LogP) is 1.88. The SMILES string of the molecule is N#C/C(=C/c1ccc(Oc2ccc([N+](=O)[O-])cn2)cc1)C(=O)NC(N)=O. The number of hydrogen-bond donors (Lipinski definition) is 2. The molecule has 0 saturated carbocycles. The molecule has 1 aromatic heterocycles. The maximum Gasteiger partial charge on any atom is 0.319 e. The van der Waals surface area contributed by atoms with Crippen LogP contribution >= 0.6 is 0 Å². The van der Waals surface area contributed by atoms with Gasteiger partial charge in [0.1, 0.15) is 23.6 Å². The van der Waals surface area contributed by atoms with E-state index in [0.29, 0.717) is 11.3 Å². The first kappa shape index (κ1) is 18.1. The van der Waals surface area contributed by atoms with Gasteiger partial charge < -0.3 is 10.5 Å². The fourth-order valence-corrected chi connectivity index (χ4v) is 1.79. The summed E-state index contributed by atoms with van der Waals surface area (Å²) in [6, 6.07) is 9.46. The predicted molar refractivity (Wildman–Crippen MR) is 88.7 cm³/mol. The number of imide groups is 1. The Morgan fingerprint density at radius 1 is 1.27 bits per heavy atom. The summed E-state index contributed by atoms with van der Waals surface area (Å²) in [5.41, 5.74) is 4.88. The average molecular weight is 353 g/mol. The van der Waals surface area contributed by atoms with E-state index in [0.717, 1.165) is 6.20 Å². The lowest BCUT2D eigenvalue weighted by Crippen LogP contribution is -2.35. The maximum atomic E-state index is 11.6. The van der Waals surface area contributed by atoms with Crippen LogP contribution in [-0.4, -0.2) is 21.8 Å². The molecule has 2 aromatic rings. The topological polar surface area (TPSA) is 161 Å². The van der Waals surface area contributed by atoms with Crippen LogP contribution in [0.4, 0.5) is 10.5 Å². The summed E-state index contributed by atoms with van der Waals surface area (Å²) in [5.74, 6) is -0.351. The Labute approximate surface area is 146 Å². The van der Waals surface area contributed by atoms with Gasteiger partial charge in [-0.3, -0.25) is 20.2 Å². The van der Waals surface area contributed by atoms with E-state index in [1.165, 1.54) is 18.2 Å². The molecule has 0 radical (unpaired) electrons. The Bertz CT molecular complexity index is 914. The molecule has 1 heterocycles. The lowest BCUT2D eigenvalue weighted by molar-refractivity contribution is -0.385. The third kappa shape index (κ3) is 4.87. The Hall–Kier alpha value is -4.26. The number of nitro groups is 1. The zero-order chi connectivity index (χ0) is 19.1. The number of urea groups is 1. The van der Waals surface area contributed by atoms with Crippen molar-refractivity contribution in [2.24, 2.45) is 5.73 Å². The first-order chi connectivity index (χ1) is 12.4. The van der Waals surface area contributed by atoms with E-state index in [2.05, 4.69) is 4.98 Å². The zero-order valence-corrected chi connectivity index (χ0v) is 13.1. The van der Waals surface area contributed by atoms with Crippen molar-refractivity contribution in [2.45, 2.75) is 0 Å². The van der Waals surface area contributed by atoms with Crippen molar-refractivity contribution >= 4 is 23.7 Å². The van der Waals surface area contributed by atoms with Gasteiger partial charge in [0.05, 0.1) is 4.92 Å². The summed E-state index contributed by atoms with van der Waals surface area (Å²) >= 11 is 0. The van der Waals surface area contributed by atoms with Gasteiger partial charge in [-0.05, 0) is 23.8 Å². The highest BCUT2D eigenvalue weighted by Gasteiger charge is 2.11. The summed E-state index contributed by atoms with van der Waals surface area (Å²) < 4.78 is 5.44. The summed E-state index contributed by atoms with van der Waals surface area (Å²) in [6.07, 6.45) is 2.34. The molecule has 0 spiro atoms. The summed E-state index contributed by atoms with van der Waals surface area (Å²) in [5, 5.41) is 21.3. The quantitative estimate of drug-likeness (QED) is 0.359. The molecule has 0 aliphatic carbocycles. The van der Waals surface area contributed by atoms with E-state index in [1.807, 2.05) is 0 Å². The molecule has 26 heavy (non-hydrogen) atoms. The summed E-state index contributed by atoms with van der Waals surface area (Å²) in [7, 11) is 0. The number of pyridine rings is 1. The molecule has 3 N–H and O–H groups in total. The molecule has 0 aliphatic rings. The van der Waals surface area contributed by atoms with Gasteiger partial charge in [-0.2, -0.15) is 5.26 Å². The van der Waals surface area contributed by atoms with Crippen molar-refractivity contribution < 1.29 is 19.2 Å². The van der Waals surface area contributed by atoms with E-state index in [9.17, 15) is 19.7 Å². The van der Waals surface area contributed by atoms with Crippen LogP contribution in [0.25, 0.3) is 6.08 Å². The van der Waals surface area contributed by atoms with Gasteiger partial charge in [0.2, 0.25) is 5.88 Å². The second-order valence-electron chi connectivity index (χ2n) is 4.77. The number of nitrogens with one attached hydrogen (secondary N) is 1. The number of hydrogen-bond acceptors (Lipinski definition) is 7. The van der Waals surface area contributed by atoms with Gasteiger partial charge in [0.15, 0.2) is 0 Å². The number of nitrogens with two attached hydrogens (primary N) is 1. The second-order valence-corrected chi connectivity index (χ2v) is 4.77. The van der Waals surface area contributed by atoms with E-state index in [4.69, 9.17) is 15.7 Å². The molecule has 1 aromatic carbocycles. The van der Waals surface area contributed by atoms with Crippen LogP contribution < -0.4 is 15.8 Å². The first-order valence-electron chi connectivity index (χ1n) is 7.00. The fraction of sp³-hybridized carbons (Fsp3) is 0. The van der Waals surface area contributed by atoms with Gasteiger partial charge in [0, 0.05) is 12.1 Å². The number of primary amides is 1. The van der Waals surface area contributed by atoms with E-state index < -0.39 is 16.9 Å². The normalized spacial score (nSPS) is 10.5. The second kappa shape index (κ2) is 8.02. The van der Waals surface area contributed by atoms with Crippen LogP contribution in [0.3, 0.4) is 0 Å². The van der Waals surface area contributed by atoms with E-state index in [-0.39, 0.29) is 17.1 Å². The van der Waals surface area contributed by atoms with Crippen LogP contribution in [-0.2, 0) is 4.79 Å². The van der Waals surface area contributed by atoms with Crippen LogP contribution in [0.5, 0.6) is 11.6 Å². The van der Waals surface area contributed by atoms with Crippen LogP contribution in [0.2, 0.25) is 0 Å². The minimum Gasteiger partial charge on any atom is -0.439 e. The van der Waals surface area contributed by atoms with Crippen molar-refractivity contribution in [3.63, 3.8) is 0 Å². The highest BCUT2D eigenvalue weighted by molar-refractivity contribution is 6.08. The van der Waals surface area contributed by atoms with Crippen molar-refractivity contribution in [3.8, 4) is 17.7 Å². The van der Waals surface area contributed by atoms with Crippen LogP contribution in [0.1, 0.15) is 5.56 Å². The van der Waals surface area contributed by atoms with Gasteiger partial charge in [-0.15, -0.1) is 0 Å². The molecule has 10 nitrogen and oxygen atoms in total.